The lowest BCUT2D eigenvalue weighted by Crippen LogP contribution is -1.86. The number of nitrogens with zero attached hydrogens (tertiary/aromatic N) is 2. The molecule has 1 rings (SSSR count). The molecule has 2 nitrogen and oxygen atoms in total. The van der Waals surface area contributed by atoms with Crippen LogP contribution in [0.15, 0.2) is 12.4 Å². The molecule has 4 heteroatoms. The van der Waals surface area contributed by atoms with Crippen LogP contribution in [0, 0.1) is 9.65 Å². The quantitative estimate of drug-likeness (QED) is 0.489. The van der Waals surface area contributed by atoms with Gasteiger partial charge in [0.05, 0.1) is 0 Å². The molecule has 0 aliphatic carbocycles. The van der Waals surface area contributed by atoms with Crippen molar-refractivity contribution in [2.24, 2.45) is 0 Å². The minimum atomic E-state index is -0.676. The van der Waals surface area contributed by atoms with E-state index in [1.165, 1.54) is 12.4 Å². The molecule has 42 valence electrons. The van der Waals surface area contributed by atoms with Gasteiger partial charge in [-0.05, 0) is 22.6 Å². The molecule has 1 aromatic heterocycles. The number of rotatable bonds is 0. The first kappa shape index (κ1) is 5.87. The summed E-state index contributed by atoms with van der Waals surface area (Å²) in [5, 5.41) is 0. The van der Waals surface area contributed by atoms with Crippen LogP contribution in [-0.4, -0.2) is 9.97 Å². The van der Waals surface area contributed by atoms with Gasteiger partial charge in [0.15, 0.2) is 0 Å². The van der Waals surface area contributed by atoms with E-state index in [0.717, 1.165) is 3.57 Å². The molecule has 0 saturated carbocycles. The SMILES string of the molecule is Fc1ncc(I)cn1. The normalized spacial score (nSPS) is 9.25. The molecule has 0 amide bonds. The van der Waals surface area contributed by atoms with Crippen molar-refractivity contribution in [1.29, 1.82) is 0 Å². The first-order valence-corrected chi connectivity index (χ1v) is 3.00. The minimum Gasteiger partial charge on any atom is -0.210 e. The highest BCUT2D eigenvalue weighted by molar-refractivity contribution is 14.1. The lowest BCUT2D eigenvalue weighted by Gasteiger charge is -1.83. The fraction of sp³-hybridized carbons (Fsp3) is 0. The van der Waals surface area contributed by atoms with Gasteiger partial charge in [-0.3, -0.25) is 0 Å². The molecule has 0 N–H and O–H groups in total. The number of halogens is 2. The molecule has 1 aromatic rings. The fourth-order valence-corrected chi connectivity index (χ4v) is 0.575. The largest absolute Gasteiger partial charge is 0.308 e. The first-order chi connectivity index (χ1) is 3.79. The predicted molar refractivity (Wildman–Crippen MR) is 34.7 cm³/mol. The van der Waals surface area contributed by atoms with Crippen LogP contribution in [-0.2, 0) is 0 Å². The van der Waals surface area contributed by atoms with Crippen LogP contribution >= 0.6 is 22.6 Å². The van der Waals surface area contributed by atoms with Crippen LogP contribution in [0.25, 0.3) is 0 Å². The number of hydrogen-bond donors (Lipinski definition) is 0. The third kappa shape index (κ3) is 1.36. The van der Waals surface area contributed by atoms with Crippen LogP contribution in [0.1, 0.15) is 0 Å². The highest BCUT2D eigenvalue weighted by Crippen LogP contribution is 1.97. The van der Waals surface area contributed by atoms with Gasteiger partial charge in [-0.25, -0.2) is 9.97 Å². The van der Waals surface area contributed by atoms with Crippen LogP contribution < -0.4 is 0 Å². The molecule has 0 aromatic carbocycles. The van der Waals surface area contributed by atoms with Crippen molar-refractivity contribution in [3.8, 4) is 0 Å². The van der Waals surface area contributed by atoms with E-state index in [4.69, 9.17) is 0 Å². The van der Waals surface area contributed by atoms with Gasteiger partial charge >= 0.3 is 6.08 Å². The van der Waals surface area contributed by atoms with Gasteiger partial charge in [0.25, 0.3) is 0 Å². The van der Waals surface area contributed by atoms with Gasteiger partial charge in [0.2, 0.25) is 0 Å². The molecular formula is C4H2FIN2. The lowest BCUT2D eigenvalue weighted by molar-refractivity contribution is 0.537. The highest BCUT2D eigenvalue weighted by Gasteiger charge is 1.88. The van der Waals surface area contributed by atoms with E-state index in [1.807, 2.05) is 22.6 Å². The third-order valence-electron chi connectivity index (χ3n) is 0.589. The molecule has 0 bridgehead atoms. The molecule has 0 saturated heterocycles. The Morgan fingerprint density at radius 2 is 1.88 bits per heavy atom. The Hall–Kier alpha value is -0.260. The molecule has 0 aliphatic heterocycles. The van der Waals surface area contributed by atoms with Gasteiger partial charge in [-0.15, -0.1) is 0 Å². The van der Waals surface area contributed by atoms with Crippen molar-refractivity contribution in [2.45, 2.75) is 0 Å². The topological polar surface area (TPSA) is 25.8 Å². The Kier molecular flexibility index (Phi) is 1.72. The summed E-state index contributed by atoms with van der Waals surface area (Å²) in [6.07, 6.45) is 2.16. The number of aromatic nitrogens is 2. The zero-order chi connectivity index (χ0) is 5.98. The van der Waals surface area contributed by atoms with E-state index in [1.54, 1.807) is 0 Å². The molecule has 0 atom stereocenters. The minimum absolute atomic E-state index is 0.676. The summed E-state index contributed by atoms with van der Waals surface area (Å²) in [5.41, 5.74) is 0. The molecule has 0 radical (unpaired) electrons. The van der Waals surface area contributed by atoms with E-state index in [0.29, 0.717) is 0 Å². The van der Waals surface area contributed by atoms with Crippen molar-refractivity contribution < 1.29 is 4.39 Å². The standard InChI is InChI=1S/C4H2FIN2/c5-4-7-1-3(6)2-8-4/h1-2H. The van der Waals surface area contributed by atoms with Crippen molar-refractivity contribution in [3.05, 3.63) is 22.0 Å². The van der Waals surface area contributed by atoms with Crippen LogP contribution in [0.4, 0.5) is 4.39 Å². The van der Waals surface area contributed by atoms with E-state index in [9.17, 15) is 4.39 Å². The second-order valence-corrected chi connectivity index (χ2v) is 2.42. The highest BCUT2D eigenvalue weighted by atomic mass is 127. The fourth-order valence-electron chi connectivity index (χ4n) is 0.297. The summed E-state index contributed by atoms with van der Waals surface area (Å²) in [6, 6.07) is 0. The van der Waals surface area contributed by atoms with Gasteiger partial charge in [0.1, 0.15) is 0 Å². The van der Waals surface area contributed by atoms with Gasteiger partial charge in [-0.2, -0.15) is 4.39 Å². The summed E-state index contributed by atoms with van der Waals surface area (Å²) < 4.78 is 12.7. The molecular weight excluding hydrogens is 222 g/mol. The predicted octanol–water partition coefficient (Wildman–Crippen LogP) is 1.22. The summed E-state index contributed by atoms with van der Waals surface area (Å²) in [4.78, 5) is 6.59. The van der Waals surface area contributed by atoms with E-state index >= 15 is 0 Å². The van der Waals surface area contributed by atoms with Crippen LogP contribution in [0.3, 0.4) is 0 Å². The summed E-state index contributed by atoms with van der Waals surface area (Å²) in [7, 11) is 0. The van der Waals surface area contributed by atoms with Crippen LogP contribution in [0.2, 0.25) is 0 Å². The van der Waals surface area contributed by atoms with Crippen molar-refractivity contribution in [1.82, 2.24) is 9.97 Å². The maximum Gasteiger partial charge on any atom is 0.308 e. The molecule has 0 fully saturated rings. The lowest BCUT2D eigenvalue weighted by atomic mass is 10.7. The Balaban J connectivity index is 3.03. The monoisotopic (exact) mass is 224 g/mol. The Morgan fingerprint density at radius 3 is 2.25 bits per heavy atom. The average Bonchev–Trinajstić information content (AvgIpc) is 1.77. The maximum absolute atomic E-state index is 11.9. The second kappa shape index (κ2) is 2.34. The first-order valence-electron chi connectivity index (χ1n) is 1.92. The molecule has 1 heterocycles. The zero-order valence-electron chi connectivity index (χ0n) is 3.81. The van der Waals surface area contributed by atoms with Gasteiger partial charge < -0.3 is 0 Å². The van der Waals surface area contributed by atoms with Gasteiger partial charge in [-0.1, -0.05) is 0 Å². The molecule has 0 aliphatic rings. The summed E-state index contributed by atoms with van der Waals surface area (Å²) in [6.45, 7) is 0. The van der Waals surface area contributed by atoms with E-state index in [2.05, 4.69) is 9.97 Å². The van der Waals surface area contributed by atoms with E-state index in [-0.39, 0.29) is 0 Å². The van der Waals surface area contributed by atoms with E-state index < -0.39 is 6.08 Å². The zero-order valence-corrected chi connectivity index (χ0v) is 5.96. The van der Waals surface area contributed by atoms with Crippen LogP contribution in [0.5, 0.6) is 0 Å². The summed E-state index contributed by atoms with van der Waals surface area (Å²) in [5.74, 6) is 0. The summed E-state index contributed by atoms with van der Waals surface area (Å²) >= 11 is 2.00. The molecule has 0 spiro atoms. The Bertz CT molecular complexity index is 153. The Labute approximate surface area is 59.3 Å². The maximum atomic E-state index is 11.9. The van der Waals surface area contributed by atoms with Gasteiger partial charge in [0, 0.05) is 16.0 Å². The molecule has 0 unspecified atom stereocenters. The average molecular weight is 224 g/mol. The second-order valence-electron chi connectivity index (χ2n) is 1.17. The third-order valence-corrected chi connectivity index (χ3v) is 1.15. The Morgan fingerprint density at radius 1 is 1.38 bits per heavy atom. The van der Waals surface area contributed by atoms with Crippen molar-refractivity contribution >= 4 is 22.6 Å². The smallest absolute Gasteiger partial charge is 0.210 e. The van der Waals surface area contributed by atoms with Crippen molar-refractivity contribution in [2.75, 3.05) is 0 Å². The van der Waals surface area contributed by atoms with Crippen molar-refractivity contribution in [3.63, 3.8) is 0 Å². The number of hydrogen-bond acceptors (Lipinski definition) is 2. The molecule has 8 heavy (non-hydrogen) atoms.